The Balaban J connectivity index is 1.45. The average Bonchev–Trinajstić information content (AvgIpc) is 3.54. The van der Waals surface area contributed by atoms with Crippen LogP contribution in [0, 0.1) is 0 Å². The van der Waals surface area contributed by atoms with Gasteiger partial charge in [0.15, 0.2) is 29.3 Å². The molecule has 1 amide bonds. The van der Waals surface area contributed by atoms with Gasteiger partial charge >= 0.3 is 11.9 Å². The number of aromatic nitrogens is 4. The molecule has 0 saturated carbocycles. The lowest BCUT2D eigenvalue weighted by Crippen LogP contribution is -2.26. The van der Waals surface area contributed by atoms with E-state index in [4.69, 9.17) is 14.2 Å². The zero-order valence-electron chi connectivity index (χ0n) is 20.9. The van der Waals surface area contributed by atoms with Gasteiger partial charge in [-0.2, -0.15) is 0 Å². The van der Waals surface area contributed by atoms with Crippen molar-refractivity contribution in [2.45, 2.75) is 25.4 Å². The van der Waals surface area contributed by atoms with Gasteiger partial charge in [0, 0.05) is 18.1 Å². The van der Waals surface area contributed by atoms with Crippen LogP contribution in [0.2, 0.25) is 0 Å². The number of esters is 2. The number of anilines is 1. The monoisotopic (exact) mass is 669 g/mol. The molecule has 0 unspecified atom stereocenters. The van der Waals surface area contributed by atoms with Crippen LogP contribution >= 0.6 is 31.9 Å². The summed E-state index contributed by atoms with van der Waals surface area (Å²) in [5.41, 5.74) is 1.98. The predicted octanol–water partition coefficient (Wildman–Crippen LogP) is 4.77. The molecule has 13 heteroatoms. The van der Waals surface area contributed by atoms with E-state index in [1.54, 1.807) is 59.2 Å². The minimum absolute atomic E-state index is 0.155. The van der Waals surface area contributed by atoms with Crippen LogP contribution in [0.25, 0.3) is 11.2 Å². The molecule has 1 aliphatic rings. The lowest BCUT2D eigenvalue weighted by molar-refractivity contribution is -0.151. The summed E-state index contributed by atoms with van der Waals surface area (Å²) in [4.78, 5) is 50.4. The summed E-state index contributed by atoms with van der Waals surface area (Å²) in [6.07, 6.45) is 0.0972. The van der Waals surface area contributed by atoms with Crippen LogP contribution in [0.4, 0.5) is 5.82 Å². The number of halogens is 2. The van der Waals surface area contributed by atoms with Crippen molar-refractivity contribution in [3.63, 3.8) is 0 Å². The van der Waals surface area contributed by atoms with Crippen molar-refractivity contribution in [1.82, 2.24) is 19.5 Å². The van der Waals surface area contributed by atoms with Gasteiger partial charge in [-0.25, -0.2) is 19.7 Å². The van der Waals surface area contributed by atoms with Gasteiger partial charge < -0.3 is 19.5 Å². The first-order valence-electron chi connectivity index (χ1n) is 12.0. The van der Waals surface area contributed by atoms with Gasteiger partial charge in [-0.1, -0.05) is 36.4 Å². The fourth-order valence-electron chi connectivity index (χ4n) is 4.23. The first-order valence-corrected chi connectivity index (χ1v) is 13.6. The molecule has 0 bridgehead atoms. The van der Waals surface area contributed by atoms with Crippen molar-refractivity contribution in [3.8, 4) is 0 Å². The Labute approximate surface area is 244 Å². The lowest BCUT2D eigenvalue weighted by Gasteiger charge is -2.20. The predicted molar refractivity (Wildman–Crippen MR) is 151 cm³/mol. The second-order valence-corrected chi connectivity index (χ2v) is 11.2. The van der Waals surface area contributed by atoms with Crippen LogP contribution in [-0.2, 0) is 19.0 Å². The molecule has 0 radical (unpaired) electrons. The van der Waals surface area contributed by atoms with Crippen molar-refractivity contribution >= 4 is 66.7 Å². The Bertz CT molecular complexity index is 1590. The number of hydrogen-bond acceptors (Lipinski definition) is 9. The van der Waals surface area contributed by atoms with E-state index in [1.807, 2.05) is 6.07 Å². The summed E-state index contributed by atoms with van der Waals surface area (Å²) in [6.45, 7) is 1.13. The molecule has 1 N–H and O–H groups in total. The number of ether oxygens (including phenoxy) is 3. The van der Waals surface area contributed by atoms with Crippen LogP contribution < -0.4 is 5.32 Å². The highest BCUT2D eigenvalue weighted by Gasteiger charge is 2.46. The molecule has 1 saturated heterocycles. The van der Waals surface area contributed by atoms with Crippen LogP contribution in [0.5, 0.6) is 0 Å². The Kier molecular flexibility index (Phi) is 8.33. The average molecular weight is 671 g/mol. The fraction of sp³-hybridized carbons (Fsp3) is 0.185. The smallest absolute Gasteiger partial charge is 0.338 e. The quantitative estimate of drug-likeness (QED) is 0.276. The Hall–Kier alpha value is -3.94. The highest BCUT2D eigenvalue weighted by Crippen LogP contribution is 2.42. The molecule has 0 aliphatic carbocycles. The number of nitrogens with one attached hydrogen (secondary N) is 1. The number of amides is 1. The van der Waals surface area contributed by atoms with E-state index in [1.165, 1.54) is 19.6 Å². The number of nitrogens with zero attached hydrogens (tertiary/aromatic N) is 4. The minimum Gasteiger partial charge on any atom is -0.459 e. The van der Waals surface area contributed by atoms with E-state index >= 15 is 0 Å². The van der Waals surface area contributed by atoms with E-state index in [2.05, 4.69) is 52.1 Å². The summed E-state index contributed by atoms with van der Waals surface area (Å²) in [5, 5.41) is 2.76. The van der Waals surface area contributed by atoms with Crippen LogP contribution in [-0.4, -0.2) is 56.2 Å². The first-order chi connectivity index (χ1) is 19.3. The molecule has 2 aromatic carbocycles. The highest BCUT2D eigenvalue weighted by atomic mass is 79.9. The lowest BCUT2D eigenvalue weighted by atomic mass is 10.1. The zero-order valence-corrected chi connectivity index (χ0v) is 24.0. The maximum atomic E-state index is 12.7. The van der Waals surface area contributed by atoms with E-state index in [0.717, 1.165) is 0 Å². The van der Waals surface area contributed by atoms with E-state index < -0.39 is 30.4 Å². The van der Waals surface area contributed by atoms with E-state index in [0.29, 0.717) is 31.3 Å². The van der Waals surface area contributed by atoms with Gasteiger partial charge in [-0.3, -0.25) is 14.2 Å². The number of carbonyl (C=O) groups excluding carboxylic acids is 3. The van der Waals surface area contributed by atoms with Crippen molar-refractivity contribution < 1.29 is 28.6 Å². The molecular weight excluding hydrogens is 650 g/mol. The molecule has 11 nitrogen and oxygen atoms in total. The summed E-state index contributed by atoms with van der Waals surface area (Å²) >= 11 is 6.82. The largest absolute Gasteiger partial charge is 0.459 e. The van der Waals surface area contributed by atoms with Gasteiger partial charge in [-0.15, -0.1) is 0 Å². The second kappa shape index (κ2) is 12.1. The molecule has 3 heterocycles. The van der Waals surface area contributed by atoms with E-state index in [-0.39, 0.29) is 18.3 Å². The van der Waals surface area contributed by atoms with Crippen LogP contribution in [0.3, 0.4) is 0 Å². The minimum atomic E-state index is -0.929. The Morgan fingerprint density at radius 1 is 0.975 bits per heavy atom. The molecule has 1 fully saturated rings. The number of rotatable bonds is 7. The van der Waals surface area contributed by atoms with Crippen molar-refractivity contribution in [2.75, 3.05) is 11.9 Å². The summed E-state index contributed by atoms with van der Waals surface area (Å²) < 4.78 is 19.5. The van der Waals surface area contributed by atoms with Crippen LogP contribution in [0.1, 0.15) is 33.9 Å². The number of carbonyl (C=O) groups is 3. The number of benzene rings is 2. The zero-order chi connectivity index (χ0) is 28.2. The van der Waals surface area contributed by atoms with E-state index in [9.17, 15) is 14.4 Å². The maximum Gasteiger partial charge on any atom is 0.338 e. The molecule has 2 aromatic heterocycles. The number of hydrogen-bond donors (Lipinski definition) is 1. The molecule has 204 valence electrons. The topological polar surface area (TPSA) is 135 Å². The Morgan fingerprint density at radius 2 is 1.65 bits per heavy atom. The molecular formula is C27H21Br2N5O6. The van der Waals surface area contributed by atoms with Crippen molar-refractivity contribution in [3.05, 3.63) is 93.4 Å². The molecule has 0 spiro atoms. The summed E-state index contributed by atoms with van der Waals surface area (Å²) in [7, 11) is 0. The molecule has 5 rings (SSSR count). The van der Waals surface area contributed by atoms with Gasteiger partial charge in [-0.05, 0) is 56.1 Å². The standard InChI is InChI=1S/C27H21Br2N5O6/c1-15(35)39-21-19(22(28)29)18(12-38-27(37)17-10-6-3-7-11-17)40-26(21)34-14-32-20-23(30-13-31-24(20)34)33-25(36)16-8-4-2-5-9-16/h2-11,13-14,18,21,26H,12H2,1H3,(H,30,31,33,36)/t18-,21-,26+/m1/s1. The molecule has 4 aromatic rings. The van der Waals surface area contributed by atoms with Gasteiger partial charge in [0.2, 0.25) is 0 Å². The molecule has 1 aliphatic heterocycles. The molecule has 40 heavy (non-hydrogen) atoms. The van der Waals surface area contributed by atoms with Gasteiger partial charge in [0.25, 0.3) is 5.91 Å². The fourth-order valence-corrected chi connectivity index (χ4v) is 5.19. The number of imidazole rings is 1. The van der Waals surface area contributed by atoms with Gasteiger partial charge in [0.05, 0.1) is 15.3 Å². The van der Waals surface area contributed by atoms with Crippen LogP contribution in [0.15, 0.2) is 82.3 Å². The highest BCUT2D eigenvalue weighted by molar-refractivity contribution is 9.28. The second-order valence-electron chi connectivity index (χ2n) is 8.59. The maximum absolute atomic E-state index is 12.7. The third-order valence-electron chi connectivity index (χ3n) is 6.00. The van der Waals surface area contributed by atoms with Crippen molar-refractivity contribution in [1.29, 1.82) is 0 Å². The summed E-state index contributed by atoms with van der Waals surface area (Å²) in [5.74, 6) is -1.24. The normalized spacial score (nSPS) is 18.4. The van der Waals surface area contributed by atoms with Crippen molar-refractivity contribution in [2.24, 2.45) is 0 Å². The SMILES string of the molecule is CC(=O)O[C@@H]1C(=C(Br)Br)[C@@H](COC(=O)c2ccccc2)O[C@@H]1n1cnc2c(NC(=O)c3ccccc3)ncnc21. The third-order valence-corrected chi connectivity index (χ3v) is 6.92. The Morgan fingerprint density at radius 3 is 2.30 bits per heavy atom. The third kappa shape index (κ3) is 5.81. The van der Waals surface area contributed by atoms with Gasteiger partial charge in [0.1, 0.15) is 19.0 Å². The first kappa shape index (κ1) is 27.6. The molecule has 3 atom stereocenters. The number of fused-ring (bicyclic) bond motifs is 1. The summed E-state index contributed by atoms with van der Waals surface area (Å²) in [6, 6.07) is 17.2.